The van der Waals surface area contributed by atoms with Crippen LogP contribution in [0, 0.1) is 6.92 Å². The van der Waals surface area contributed by atoms with E-state index in [4.69, 9.17) is 4.74 Å². The molecule has 9 nitrogen and oxygen atoms in total. The van der Waals surface area contributed by atoms with E-state index in [1.165, 1.54) is 0 Å². The second-order valence-corrected chi connectivity index (χ2v) is 9.77. The van der Waals surface area contributed by atoms with Gasteiger partial charge in [0.05, 0.1) is 17.1 Å². The topological polar surface area (TPSA) is 113 Å². The molecule has 0 radical (unpaired) electrons. The van der Waals surface area contributed by atoms with E-state index >= 15 is 0 Å². The molecule has 2 aromatic rings. The lowest BCUT2D eigenvalue weighted by Crippen LogP contribution is -2.45. The number of morpholine rings is 1. The summed E-state index contributed by atoms with van der Waals surface area (Å²) in [6.07, 6.45) is 2.06. The van der Waals surface area contributed by atoms with Crippen molar-refractivity contribution in [1.82, 2.24) is 20.3 Å². The number of aromatic nitrogens is 1. The summed E-state index contributed by atoms with van der Waals surface area (Å²) < 4.78 is 32.7. The standard InChI is InChI=1S/C22H31N5O4S/c1-16-4-7-20(8-5-16)32(29,30)26-11-10-23-22(28)25-13-19-6-9-21(24-12-19)27-14-17(2)31-18(3)15-27/h4-9,12,17-18,26H,10-11,13-15H2,1-3H3,(H2,23,25,28). The number of ether oxygens (including phenoxy) is 1. The van der Waals surface area contributed by atoms with Gasteiger partial charge in [-0.2, -0.15) is 0 Å². The number of amides is 2. The molecule has 0 spiro atoms. The van der Waals surface area contributed by atoms with Gasteiger partial charge in [0.25, 0.3) is 0 Å². The summed E-state index contributed by atoms with van der Waals surface area (Å²) in [7, 11) is -3.59. The molecule has 1 aliphatic rings. The summed E-state index contributed by atoms with van der Waals surface area (Å²) in [5.41, 5.74) is 1.86. The van der Waals surface area contributed by atoms with E-state index in [0.29, 0.717) is 6.54 Å². The maximum Gasteiger partial charge on any atom is 0.315 e. The van der Waals surface area contributed by atoms with E-state index in [9.17, 15) is 13.2 Å². The van der Waals surface area contributed by atoms with Crippen LogP contribution in [0.25, 0.3) is 0 Å². The third kappa shape index (κ3) is 6.91. The summed E-state index contributed by atoms with van der Waals surface area (Å²) in [5, 5.41) is 5.39. The van der Waals surface area contributed by atoms with Crippen molar-refractivity contribution in [3.63, 3.8) is 0 Å². The SMILES string of the molecule is Cc1ccc(S(=O)(=O)NCCNC(=O)NCc2ccc(N3CC(C)OC(C)C3)nc2)cc1. The highest BCUT2D eigenvalue weighted by molar-refractivity contribution is 7.89. The van der Waals surface area contributed by atoms with Crippen molar-refractivity contribution in [1.29, 1.82) is 0 Å². The van der Waals surface area contributed by atoms with Gasteiger partial charge in [-0.25, -0.2) is 22.9 Å². The number of pyridine rings is 1. The zero-order chi connectivity index (χ0) is 23.1. The highest BCUT2D eigenvalue weighted by Gasteiger charge is 2.23. The van der Waals surface area contributed by atoms with E-state index in [0.717, 1.165) is 30.0 Å². The quantitative estimate of drug-likeness (QED) is 0.517. The minimum atomic E-state index is -3.59. The first-order valence-corrected chi connectivity index (χ1v) is 12.1. The van der Waals surface area contributed by atoms with Crippen molar-refractivity contribution in [2.45, 2.75) is 44.4 Å². The van der Waals surface area contributed by atoms with E-state index in [1.807, 2.05) is 32.9 Å². The van der Waals surface area contributed by atoms with E-state index in [2.05, 4.69) is 25.2 Å². The van der Waals surface area contributed by atoms with Gasteiger partial charge < -0.3 is 20.3 Å². The van der Waals surface area contributed by atoms with Gasteiger partial charge in [-0.1, -0.05) is 23.8 Å². The number of hydrogen-bond donors (Lipinski definition) is 3. The number of aryl methyl sites for hydroxylation is 1. The minimum Gasteiger partial charge on any atom is -0.372 e. The first-order chi connectivity index (χ1) is 15.2. The van der Waals surface area contributed by atoms with Gasteiger partial charge in [0, 0.05) is 38.9 Å². The molecule has 1 aromatic heterocycles. The largest absolute Gasteiger partial charge is 0.372 e. The molecular weight excluding hydrogens is 430 g/mol. The summed E-state index contributed by atoms with van der Waals surface area (Å²) in [6, 6.07) is 10.1. The summed E-state index contributed by atoms with van der Waals surface area (Å²) in [4.78, 5) is 18.9. The van der Waals surface area contributed by atoms with Crippen LogP contribution in [-0.4, -0.2) is 57.8 Å². The lowest BCUT2D eigenvalue weighted by Gasteiger charge is -2.36. The Morgan fingerprint density at radius 3 is 2.38 bits per heavy atom. The van der Waals surface area contributed by atoms with E-state index < -0.39 is 10.0 Å². The Hall–Kier alpha value is -2.69. The molecule has 2 amide bonds. The molecule has 2 unspecified atom stereocenters. The van der Waals surface area contributed by atoms with Crippen LogP contribution in [0.4, 0.5) is 10.6 Å². The van der Waals surface area contributed by atoms with Crippen molar-refractivity contribution in [3.8, 4) is 0 Å². The van der Waals surface area contributed by atoms with E-state index in [-0.39, 0.29) is 36.2 Å². The fourth-order valence-electron chi connectivity index (χ4n) is 3.48. The zero-order valence-electron chi connectivity index (χ0n) is 18.7. The molecule has 1 aliphatic heterocycles. The average Bonchev–Trinajstić information content (AvgIpc) is 2.75. The molecule has 0 bridgehead atoms. The summed E-state index contributed by atoms with van der Waals surface area (Å²) in [5.74, 6) is 0.890. The number of benzene rings is 1. The highest BCUT2D eigenvalue weighted by atomic mass is 32.2. The van der Waals surface area contributed by atoms with Crippen LogP contribution in [0.5, 0.6) is 0 Å². The number of urea groups is 1. The van der Waals surface area contributed by atoms with Gasteiger partial charge in [0.2, 0.25) is 10.0 Å². The number of carbonyl (C=O) groups is 1. The molecule has 2 atom stereocenters. The third-order valence-corrected chi connectivity index (χ3v) is 6.52. The second-order valence-electron chi connectivity index (χ2n) is 8.01. The number of anilines is 1. The van der Waals surface area contributed by atoms with Crippen LogP contribution in [0.1, 0.15) is 25.0 Å². The fourth-order valence-corrected chi connectivity index (χ4v) is 4.51. The fraction of sp³-hybridized carbons (Fsp3) is 0.455. The number of hydrogen-bond acceptors (Lipinski definition) is 6. The van der Waals surface area contributed by atoms with Crippen LogP contribution in [0.15, 0.2) is 47.5 Å². The van der Waals surface area contributed by atoms with Gasteiger partial charge in [-0.15, -0.1) is 0 Å². The summed E-state index contributed by atoms with van der Waals surface area (Å²) >= 11 is 0. The monoisotopic (exact) mass is 461 g/mol. The first kappa shape index (κ1) is 24.0. The van der Waals surface area contributed by atoms with Gasteiger partial charge in [-0.3, -0.25) is 0 Å². The van der Waals surface area contributed by atoms with Crippen LogP contribution in [0.2, 0.25) is 0 Å². The molecule has 0 saturated carbocycles. The van der Waals surface area contributed by atoms with E-state index in [1.54, 1.807) is 30.5 Å². The predicted octanol–water partition coefficient (Wildman–Crippen LogP) is 1.78. The molecule has 0 aliphatic carbocycles. The third-order valence-electron chi connectivity index (χ3n) is 5.04. The van der Waals surface area contributed by atoms with Gasteiger partial charge in [0.1, 0.15) is 5.82 Å². The average molecular weight is 462 g/mol. The number of carbonyl (C=O) groups excluding carboxylic acids is 1. The Morgan fingerprint density at radius 2 is 1.75 bits per heavy atom. The molecule has 10 heteroatoms. The van der Waals surface area contributed by atoms with Crippen molar-refractivity contribution in [2.24, 2.45) is 0 Å². The minimum absolute atomic E-state index is 0.0935. The summed E-state index contributed by atoms with van der Waals surface area (Å²) in [6.45, 7) is 8.17. The molecule has 3 rings (SSSR count). The van der Waals surface area contributed by atoms with Crippen molar-refractivity contribution in [3.05, 3.63) is 53.7 Å². The first-order valence-electron chi connectivity index (χ1n) is 10.7. The Bertz CT molecular complexity index is 986. The maximum absolute atomic E-state index is 12.2. The van der Waals surface area contributed by atoms with Crippen molar-refractivity contribution < 1.29 is 17.9 Å². The second kappa shape index (κ2) is 10.8. The lowest BCUT2D eigenvalue weighted by atomic mass is 10.2. The smallest absolute Gasteiger partial charge is 0.315 e. The normalized spacial score (nSPS) is 18.9. The lowest BCUT2D eigenvalue weighted by molar-refractivity contribution is -0.00546. The van der Waals surface area contributed by atoms with Crippen LogP contribution >= 0.6 is 0 Å². The maximum atomic E-state index is 12.2. The Balaban J connectivity index is 1.38. The van der Waals surface area contributed by atoms with Crippen LogP contribution in [-0.2, 0) is 21.3 Å². The predicted molar refractivity (Wildman–Crippen MR) is 123 cm³/mol. The molecule has 1 fully saturated rings. The molecule has 1 aromatic carbocycles. The van der Waals surface area contributed by atoms with Crippen LogP contribution < -0.4 is 20.3 Å². The molecule has 3 N–H and O–H groups in total. The van der Waals surface area contributed by atoms with Crippen LogP contribution in [0.3, 0.4) is 0 Å². The van der Waals surface area contributed by atoms with Gasteiger partial charge in [-0.05, 0) is 44.5 Å². The highest BCUT2D eigenvalue weighted by Crippen LogP contribution is 2.18. The molecule has 32 heavy (non-hydrogen) atoms. The molecule has 1 saturated heterocycles. The Kier molecular flexibility index (Phi) is 8.05. The number of nitrogens with zero attached hydrogens (tertiary/aromatic N) is 2. The Labute approximate surface area is 189 Å². The number of nitrogens with one attached hydrogen (secondary N) is 3. The van der Waals surface area contributed by atoms with Crippen molar-refractivity contribution >= 4 is 21.9 Å². The van der Waals surface area contributed by atoms with Gasteiger partial charge >= 0.3 is 6.03 Å². The van der Waals surface area contributed by atoms with Gasteiger partial charge in [0.15, 0.2) is 0 Å². The zero-order valence-corrected chi connectivity index (χ0v) is 19.5. The number of sulfonamides is 1. The molecule has 174 valence electrons. The van der Waals surface area contributed by atoms with Crippen molar-refractivity contribution in [2.75, 3.05) is 31.1 Å². The Morgan fingerprint density at radius 1 is 1.06 bits per heavy atom. The molecular formula is C22H31N5O4S. The molecule has 2 heterocycles. The number of rotatable bonds is 8.